The first-order chi connectivity index (χ1) is 7.90. The molecule has 0 bridgehead atoms. The van der Waals surface area contributed by atoms with E-state index in [1.165, 1.54) is 0 Å². The highest BCUT2D eigenvalue weighted by molar-refractivity contribution is 7.09. The summed E-state index contributed by atoms with van der Waals surface area (Å²) in [5.74, 6) is 0. The predicted octanol–water partition coefficient (Wildman–Crippen LogP) is 2.65. The topological polar surface area (TPSA) is 28.2 Å². The van der Waals surface area contributed by atoms with Crippen molar-refractivity contribution in [2.45, 2.75) is 39.4 Å². The second-order valence-electron chi connectivity index (χ2n) is 5.32. The Morgan fingerprint density at radius 1 is 1.53 bits per heavy atom. The highest BCUT2D eigenvalue weighted by atomic mass is 32.1. The minimum absolute atomic E-state index is 0.144. The molecule has 1 N–H and O–H groups in total. The molecule has 0 amide bonds. The SMILES string of the molecule is C=CCN(C)Cc1csc(CNC(C)(C)C)n1. The van der Waals surface area contributed by atoms with Crippen LogP contribution < -0.4 is 5.32 Å². The van der Waals surface area contributed by atoms with E-state index in [0.717, 1.165) is 30.3 Å². The molecule has 0 saturated heterocycles. The molecule has 0 radical (unpaired) electrons. The van der Waals surface area contributed by atoms with Gasteiger partial charge in [-0.25, -0.2) is 4.98 Å². The van der Waals surface area contributed by atoms with E-state index in [9.17, 15) is 0 Å². The Balaban J connectivity index is 2.45. The molecule has 1 aromatic rings. The summed E-state index contributed by atoms with van der Waals surface area (Å²) in [6.45, 7) is 12.9. The van der Waals surface area contributed by atoms with Gasteiger partial charge < -0.3 is 5.32 Å². The maximum Gasteiger partial charge on any atom is 0.107 e. The molecule has 0 aliphatic rings. The van der Waals surface area contributed by atoms with E-state index in [4.69, 9.17) is 0 Å². The lowest BCUT2D eigenvalue weighted by atomic mass is 10.1. The second kappa shape index (κ2) is 6.28. The first kappa shape index (κ1) is 14.4. The van der Waals surface area contributed by atoms with Gasteiger partial charge in [0.1, 0.15) is 5.01 Å². The van der Waals surface area contributed by atoms with Crippen molar-refractivity contribution in [1.29, 1.82) is 0 Å². The Bertz CT molecular complexity index is 352. The fourth-order valence-electron chi connectivity index (χ4n) is 1.40. The van der Waals surface area contributed by atoms with Crippen molar-refractivity contribution in [2.24, 2.45) is 0 Å². The van der Waals surface area contributed by atoms with Gasteiger partial charge in [-0.05, 0) is 27.8 Å². The van der Waals surface area contributed by atoms with Crippen molar-refractivity contribution in [3.05, 3.63) is 28.7 Å². The molecule has 3 nitrogen and oxygen atoms in total. The summed E-state index contributed by atoms with van der Waals surface area (Å²) in [6, 6.07) is 0. The molecule has 0 aliphatic heterocycles. The molecule has 1 aromatic heterocycles. The Hall–Kier alpha value is -0.710. The van der Waals surface area contributed by atoms with Gasteiger partial charge in [-0.2, -0.15) is 0 Å². The van der Waals surface area contributed by atoms with Crippen LogP contribution in [0, 0.1) is 0 Å². The van der Waals surface area contributed by atoms with Crippen LogP contribution in [0.5, 0.6) is 0 Å². The summed E-state index contributed by atoms with van der Waals surface area (Å²) in [7, 11) is 2.08. The zero-order valence-corrected chi connectivity index (χ0v) is 12.1. The Labute approximate surface area is 109 Å². The molecule has 1 heterocycles. The van der Waals surface area contributed by atoms with Gasteiger partial charge in [-0.1, -0.05) is 6.08 Å². The van der Waals surface area contributed by atoms with Gasteiger partial charge in [-0.3, -0.25) is 4.90 Å². The first-order valence-corrected chi connectivity index (χ1v) is 6.76. The average molecular weight is 253 g/mol. The van der Waals surface area contributed by atoms with Gasteiger partial charge in [0, 0.05) is 30.6 Å². The maximum absolute atomic E-state index is 4.62. The second-order valence-corrected chi connectivity index (χ2v) is 6.26. The van der Waals surface area contributed by atoms with Gasteiger partial charge in [0.15, 0.2) is 0 Å². The molecule has 17 heavy (non-hydrogen) atoms. The van der Waals surface area contributed by atoms with Crippen molar-refractivity contribution in [3.8, 4) is 0 Å². The number of nitrogens with one attached hydrogen (secondary N) is 1. The zero-order valence-electron chi connectivity index (χ0n) is 11.3. The van der Waals surface area contributed by atoms with Gasteiger partial charge >= 0.3 is 0 Å². The van der Waals surface area contributed by atoms with Gasteiger partial charge in [0.25, 0.3) is 0 Å². The van der Waals surface area contributed by atoms with Crippen LogP contribution in [0.4, 0.5) is 0 Å². The number of thiazole rings is 1. The molecule has 0 fully saturated rings. The summed E-state index contributed by atoms with van der Waals surface area (Å²) >= 11 is 1.72. The molecule has 0 atom stereocenters. The molecule has 96 valence electrons. The molecule has 0 spiro atoms. The number of hydrogen-bond acceptors (Lipinski definition) is 4. The van der Waals surface area contributed by atoms with Crippen LogP contribution in [-0.4, -0.2) is 29.0 Å². The molecule has 0 aromatic carbocycles. The smallest absolute Gasteiger partial charge is 0.107 e. The Morgan fingerprint density at radius 2 is 2.24 bits per heavy atom. The van der Waals surface area contributed by atoms with E-state index in [1.807, 2.05) is 6.08 Å². The largest absolute Gasteiger partial charge is 0.306 e. The number of likely N-dealkylation sites (N-methyl/N-ethyl adjacent to an activating group) is 1. The van der Waals surface area contributed by atoms with Gasteiger partial charge in [0.05, 0.1) is 5.69 Å². The fourth-order valence-corrected chi connectivity index (χ4v) is 2.13. The molecule has 1 rings (SSSR count). The van der Waals surface area contributed by atoms with Crippen molar-refractivity contribution in [3.63, 3.8) is 0 Å². The lowest BCUT2D eigenvalue weighted by Gasteiger charge is -2.19. The van der Waals surface area contributed by atoms with Crippen molar-refractivity contribution >= 4 is 11.3 Å². The monoisotopic (exact) mass is 253 g/mol. The normalized spacial score (nSPS) is 12.1. The minimum atomic E-state index is 0.144. The standard InChI is InChI=1S/C13H23N3S/c1-6-7-16(5)9-11-10-17-12(15-11)8-14-13(2,3)4/h6,10,14H,1,7-9H2,2-5H3. The zero-order chi connectivity index (χ0) is 12.9. The summed E-state index contributed by atoms with van der Waals surface area (Å²) in [5, 5.41) is 6.74. The van der Waals surface area contributed by atoms with Crippen LogP contribution in [0.3, 0.4) is 0 Å². The third kappa shape index (κ3) is 5.96. The molecule has 0 aliphatic carbocycles. The van der Waals surface area contributed by atoms with E-state index in [0.29, 0.717) is 0 Å². The van der Waals surface area contributed by atoms with Crippen LogP contribution in [0.1, 0.15) is 31.5 Å². The molecule has 0 unspecified atom stereocenters. The molecular weight excluding hydrogens is 230 g/mol. The summed E-state index contributed by atoms with van der Waals surface area (Å²) in [4.78, 5) is 6.81. The van der Waals surface area contributed by atoms with Crippen molar-refractivity contribution in [2.75, 3.05) is 13.6 Å². The van der Waals surface area contributed by atoms with Crippen LogP contribution in [0.25, 0.3) is 0 Å². The Morgan fingerprint density at radius 3 is 2.82 bits per heavy atom. The fraction of sp³-hybridized carbons (Fsp3) is 0.615. The molecule has 0 saturated carbocycles. The molecule has 4 heteroatoms. The summed E-state index contributed by atoms with van der Waals surface area (Å²) in [6.07, 6.45) is 1.91. The number of hydrogen-bond donors (Lipinski definition) is 1. The van der Waals surface area contributed by atoms with E-state index >= 15 is 0 Å². The van der Waals surface area contributed by atoms with E-state index in [2.05, 4.69) is 55.0 Å². The van der Waals surface area contributed by atoms with Crippen molar-refractivity contribution < 1.29 is 0 Å². The maximum atomic E-state index is 4.62. The highest BCUT2D eigenvalue weighted by Gasteiger charge is 2.10. The van der Waals surface area contributed by atoms with Crippen LogP contribution in [0.2, 0.25) is 0 Å². The first-order valence-electron chi connectivity index (χ1n) is 5.88. The average Bonchev–Trinajstić information content (AvgIpc) is 2.62. The summed E-state index contributed by atoms with van der Waals surface area (Å²) < 4.78 is 0. The summed E-state index contributed by atoms with van der Waals surface area (Å²) in [5.41, 5.74) is 1.29. The van der Waals surface area contributed by atoms with Crippen LogP contribution >= 0.6 is 11.3 Å². The quantitative estimate of drug-likeness (QED) is 0.790. The van der Waals surface area contributed by atoms with Crippen molar-refractivity contribution in [1.82, 2.24) is 15.2 Å². The number of aromatic nitrogens is 1. The third-order valence-corrected chi connectivity index (χ3v) is 3.14. The minimum Gasteiger partial charge on any atom is -0.306 e. The van der Waals surface area contributed by atoms with Gasteiger partial charge in [0.2, 0.25) is 0 Å². The predicted molar refractivity (Wildman–Crippen MR) is 75.2 cm³/mol. The van der Waals surface area contributed by atoms with E-state index in [1.54, 1.807) is 11.3 Å². The van der Waals surface area contributed by atoms with E-state index < -0.39 is 0 Å². The molecular formula is C13H23N3S. The lowest BCUT2D eigenvalue weighted by Crippen LogP contribution is -2.35. The van der Waals surface area contributed by atoms with Gasteiger partial charge in [-0.15, -0.1) is 17.9 Å². The Kier molecular flexibility index (Phi) is 5.31. The third-order valence-electron chi connectivity index (χ3n) is 2.24. The van der Waals surface area contributed by atoms with Crippen LogP contribution in [-0.2, 0) is 13.1 Å². The lowest BCUT2D eigenvalue weighted by molar-refractivity contribution is 0.359. The van der Waals surface area contributed by atoms with Crippen LogP contribution in [0.15, 0.2) is 18.0 Å². The number of nitrogens with zero attached hydrogens (tertiary/aromatic N) is 2. The van der Waals surface area contributed by atoms with E-state index in [-0.39, 0.29) is 5.54 Å². The highest BCUT2D eigenvalue weighted by Crippen LogP contribution is 2.12. The number of rotatable bonds is 6.